The van der Waals surface area contributed by atoms with E-state index in [-0.39, 0.29) is 34.7 Å². The number of hydrogen-bond acceptors (Lipinski definition) is 6. The largest absolute Gasteiger partial charge is 0.466 e. The van der Waals surface area contributed by atoms with Gasteiger partial charge >= 0.3 is 11.0 Å². The minimum Gasteiger partial charge on any atom is -0.466 e. The average molecular weight is 286 g/mol. The van der Waals surface area contributed by atoms with Crippen LogP contribution in [0.2, 0.25) is 0 Å². The number of hydrogen-bond donors (Lipinski definition) is 0. The first-order valence-electron chi connectivity index (χ1n) is 5.61. The maximum absolute atomic E-state index is 11.9. The van der Waals surface area contributed by atoms with Gasteiger partial charge in [-0.05, 0) is 13.0 Å². The van der Waals surface area contributed by atoms with Crippen LogP contribution in [-0.4, -0.2) is 41.9 Å². The molecular formula is C11H14N2O5S. The highest BCUT2D eigenvalue weighted by molar-refractivity contribution is 7.17. The van der Waals surface area contributed by atoms with Crippen molar-refractivity contribution in [3.8, 4) is 0 Å². The van der Waals surface area contributed by atoms with Crippen LogP contribution in [0.3, 0.4) is 0 Å². The number of esters is 1. The topological polar surface area (TPSA) is 89.8 Å². The van der Waals surface area contributed by atoms with E-state index in [4.69, 9.17) is 4.74 Å². The molecule has 0 aliphatic rings. The molecule has 19 heavy (non-hydrogen) atoms. The zero-order chi connectivity index (χ0) is 14.4. The Morgan fingerprint density at radius 3 is 2.68 bits per heavy atom. The summed E-state index contributed by atoms with van der Waals surface area (Å²) in [5.41, 5.74) is 0. The highest BCUT2D eigenvalue weighted by Crippen LogP contribution is 2.24. The third kappa shape index (κ3) is 4.32. The van der Waals surface area contributed by atoms with Crippen LogP contribution in [0.4, 0.5) is 5.00 Å². The van der Waals surface area contributed by atoms with Gasteiger partial charge in [0, 0.05) is 19.7 Å². The molecule has 0 radical (unpaired) electrons. The molecule has 8 heteroatoms. The SMILES string of the molecule is CCOC(=O)CCN(C)C(=O)c1ccc([N+](=O)[O-])s1. The average Bonchev–Trinajstić information content (AvgIpc) is 2.85. The summed E-state index contributed by atoms with van der Waals surface area (Å²) in [5, 5.41) is 10.4. The Balaban J connectivity index is 2.56. The van der Waals surface area contributed by atoms with Crippen LogP contribution in [0.15, 0.2) is 12.1 Å². The summed E-state index contributed by atoms with van der Waals surface area (Å²) in [7, 11) is 1.53. The zero-order valence-electron chi connectivity index (χ0n) is 10.6. The molecule has 0 aliphatic carbocycles. The third-order valence-electron chi connectivity index (χ3n) is 2.29. The molecule has 0 fully saturated rings. The van der Waals surface area contributed by atoms with Crippen molar-refractivity contribution in [3.05, 3.63) is 27.1 Å². The summed E-state index contributed by atoms with van der Waals surface area (Å²) < 4.78 is 4.75. The molecule has 1 amide bonds. The molecule has 0 aliphatic heterocycles. The van der Waals surface area contributed by atoms with Gasteiger partial charge in [0.2, 0.25) is 0 Å². The lowest BCUT2D eigenvalue weighted by atomic mass is 10.3. The molecule has 1 heterocycles. The number of nitrogens with zero attached hydrogens (tertiary/aromatic N) is 2. The van der Waals surface area contributed by atoms with Crippen molar-refractivity contribution in [2.24, 2.45) is 0 Å². The molecule has 0 aromatic carbocycles. The summed E-state index contributed by atoms with van der Waals surface area (Å²) in [6.07, 6.45) is 0.101. The molecule has 0 N–H and O–H groups in total. The number of thiophene rings is 1. The highest BCUT2D eigenvalue weighted by Gasteiger charge is 2.18. The van der Waals surface area contributed by atoms with Crippen LogP contribution in [0, 0.1) is 10.1 Å². The lowest BCUT2D eigenvalue weighted by molar-refractivity contribution is -0.380. The Labute approximate surface area is 113 Å². The van der Waals surface area contributed by atoms with Crippen molar-refractivity contribution in [1.82, 2.24) is 4.90 Å². The summed E-state index contributed by atoms with van der Waals surface area (Å²) in [4.78, 5) is 34.7. The first kappa shape index (κ1) is 15.1. The van der Waals surface area contributed by atoms with Crippen LogP contribution in [0.25, 0.3) is 0 Å². The first-order chi connectivity index (χ1) is 8.95. The van der Waals surface area contributed by atoms with Gasteiger partial charge in [0.25, 0.3) is 5.91 Å². The number of nitro groups is 1. The fourth-order valence-corrected chi connectivity index (χ4v) is 2.14. The van der Waals surface area contributed by atoms with Gasteiger partial charge in [-0.25, -0.2) is 0 Å². The minimum atomic E-state index is -0.542. The minimum absolute atomic E-state index is 0.0813. The molecule has 0 bridgehead atoms. The Bertz CT molecular complexity index is 485. The lowest BCUT2D eigenvalue weighted by Crippen LogP contribution is -2.28. The maximum atomic E-state index is 11.9. The van der Waals surface area contributed by atoms with Crippen LogP contribution in [0.5, 0.6) is 0 Å². The molecule has 1 aromatic rings. The van der Waals surface area contributed by atoms with Crippen molar-refractivity contribution in [3.63, 3.8) is 0 Å². The highest BCUT2D eigenvalue weighted by atomic mass is 32.1. The molecular weight excluding hydrogens is 272 g/mol. The first-order valence-corrected chi connectivity index (χ1v) is 6.42. The summed E-state index contributed by atoms with van der Waals surface area (Å²) >= 11 is 0.815. The Hall–Kier alpha value is -1.96. The van der Waals surface area contributed by atoms with E-state index in [0.717, 1.165) is 11.3 Å². The second-order valence-electron chi connectivity index (χ2n) is 3.68. The molecule has 104 valence electrons. The van der Waals surface area contributed by atoms with E-state index in [1.807, 2.05) is 0 Å². The van der Waals surface area contributed by atoms with Gasteiger partial charge in [-0.3, -0.25) is 19.7 Å². The molecule has 1 rings (SSSR count). The normalized spacial score (nSPS) is 10.0. The van der Waals surface area contributed by atoms with Gasteiger partial charge in [0.1, 0.15) is 0 Å². The fraction of sp³-hybridized carbons (Fsp3) is 0.455. The van der Waals surface area contributed by atoms with E-state index in [2.05, 4.69) is 0 Å². The van der Waals surface area contributed by atoms with Gasteiger partial charge < -0.3 is 9.64 Å². The van der Waals surface area contributed by atoms with Crippen molar-refractivity contribution in [1.29, 1.82) is 0 Å². The zero-order valence-corrected chi connectivity index (χ0v) is 11.4. The van der Waals surface area contributed by atoms with Crippen molar-refractivity contribution in [2.75, 3.05) is 20.2 Å². The van der Waals surface area contributed by atoms with Gasteiger partial charge in [-0.15, -0.1) is 0 Å². The molecule has 0 saturated heterocycles. The van der Waals surface area contributed by atoms with Crippen LogP contribution < -0.4 is 0 Å². The molecule has 0 atom stereocenters. The van der Waals surface area contributed by atoms with Crippen molar-refractivity contribution >= 4 is 28.2 Å². The van der Waals surface area contributed by atoms with E-state index in [1.54, 1.807) is 6.92 Å². The Morgan fingerprint density at radius 1 is 1.47 bits per heavy atom. The standard InChI is InChI=1S/C11H14N2O5S/c1-3-18-10(14)6-7-12(2)11(15)8-4-5-9(19-8)13(16)17/h4-5H,3,6-7H2,1-2H3. The van der Waals surface area contributed by atoms with Gasteiger partial charge in [-0.1, -0.05) is 11.3 Å². The number of ether oxygens (including phenoxy) is 1. The predicted octanol–water partition coefficient (Wildman–Crippen LogP) is 1.68. The maximum Gasteiger partial charge on any atom is 0.324 e. The second kappa shape index (κ2) is 6.83. The lowest BCUT2D eigenvalue weighted by Gasteiger charge is -2.15. The van der Waals surface area contributed by atoms with E-state index < -0.39 is 4.92 Å². The second-order valence-corrected chi connectivity index (χ2v) is 4.74. The number of carbonyl (C=O) groups is 2. The summed E-state index contributed by atoms with van der Waals surface area (Å²) in [5.74, 6) is -0.721. The van der Waals surface area contributed by atoms with E-state index in [9.17, 15) is 19.7 Å². The third-order valence-corrected chi connectivity index (χ3v) is 3.31. The van der Waals surface area contributed by atoms with Crippen molar-refractivity contribution in [2.45, 2.75) is 13.3 Å². The Kier molecular flexibility index (Phi) is 5.43. The van der Waals surface area contributed by atoms with E-state index in [0.29, 0.717) is 6.61 Å². The number of amides is 1. The number of rotatable bonds is 6. The molecule has 1 aromatic heterocycles. The predicted molar refractivity (Wildman–Crippen MR) is 69.2 cm³/mol. The van der Waals surface area contributed by atoms with Crippen LogP contribution >= 0.6 is 11.3 Å². The monoisotopic (exact) mass is 286 g/mol. The van der Waals surface area contributed by atoms with Gasteiger partial charge in [0.15, 0.2) is 0 Å². The van der Waals surface area contributed by atoms with E-state index in [1.165, 1.54) is 24.1 Å². The summed E-state index contributed by atoms with van der Waals surface area (Å²) in [6, 6.07) is 2.70. The smallest absolute Gasteiger partial charge is 0.324 e. The Morgan fingerprint density at radius 2 is 2.16 bits per heavy atom. The van der Waals surface area contributed by atoms with Crippen molar-refractivity contribution < 1.29 is 19.2 Å². The summed E-state index contributed by atoms with van der Waals surface area (Å²) in [6.45, 7) is 2.22. The van der Waals surface area contributed by atoms with Gasteiger partial charge in [-0.2, -0.15) is 0 Å². The van der Waals surface area contributed by atoms with Crippen LogP contribution in [-0.2, 0) is 9.53 Å². The fourth-order valence-electron chi connectivity index (χ4n) is 1.32. The quantitative estimate of drug-likeness (QED) is 0.451. The van der Waals surface area contributed by atoms with E-state index >= 15 is 0 Å². The van der Waals surface area contributed by atoms with Crippen LogP contribution in [0.1, 0.15) is 23.0 Å². The number of carbonyl (C=O) groups excluding carboxylic acids is 2. The molecule has 7 nitrogen and oxygen atoms in total. The van der Waals surface area contributed by atoms with Gasteiger partial charge in [0.05, 0.1) is 22.8 Å². The molecule has 0 spiro atoms. The molecule has 0 saturated carbocycles. The molecule has 0 unspecified atom stereocenters.